The van der Waals surface area contributed by atoms with Gasteiger partial charge in [-0.15, -0.1) is 5.60 Å². The Hall–Kier alpha value is 2.56. The first-order valence-corrected chi connectivity index (χ1v) is 2.11. The minimum Gasteiger partial charge on any atom is -0.857 e. The Morgan fingerprint density at radius 2 is 1.00 bits per heavy atom. The first-order valence-electron chi connectivity index (χ1n) is 2.11. The molecule has 2 nitrogen and oxygen atoms in total. The van der Waals surface area contributed by atoms with E-state index in [-0.39, 0.29) is 80.9 Å². The van der Waals surface area contributed by atoms with Gasteiger partial charge < -0.3 is 10.2 Å². The van der Waals surface area contributed by atoms with Gasteiger partial charge in [-0.05, 0) is 0 Å². The van der Waals surface area contributed by atoms with Crippen LogP contribution in [-0.2, 0) is 0 Å². The standard InChI is InChI=1S/C4H9O.CH3O.K.Na/c1-4(2,3)5;1-2;;/h1-3H3;1H3;;/q2*-1;2*+1. The monoisotopic (exact) mass is 166 g/mol. The third-order valence-electron chi connectivity index (χ3n) is 0. The van der Waals surface area contributed by atoms with E-state index in [1.807, 2.05) is 0 Å². The molecule has 0 atom stereocenters. The fraction of sp³-hybridized carbons (Fsp3) is 1.00. The Balaban J connectivity index is -0.0000000286. The Kier molecular flexibility index (Phi) is 33.0. The molecule has 0 unspecified atom stereocenters. The summed E-state index contributed by atoms with van der Waals surface area (Å²) in [6, 6.07) is 0. The maximum atomic E-state index is 10.1. The third-order valence-corrected chi connectivity index (χ3v) is 0. The molecule has 46 valence electrons. The zero-order valence-electron chi connectivity index (χ0n) is 7.32. The summed E-state index contributed by atoms with van der Waals surface area (Å²) < 4.78 is 0. The molecule has 4 heteroatoms. The number of rotatable bonds is 0. The normalized spacial score (nSPS) is 7.33. The summed E-state index contributed by atoms with van der Waals surface area (Å²) in [5, 5.41) is 18.4. The van der Waals surface area contributed by atoms with Crippen molar-refractivity contribution in [2.24, 2.45) is 0 Å². The van der Waals surface area contributed by atoms with E-state index in [2.05, 4.69) is 0 Å². The molecule has 9 heavy (non-hydrogen) atoms. The second-order valence-corrected chi connectivity index (χ2v) is 2.11. The summed E-state index contributed by atoms with van der Waals surface area (Å²) in [7, 11) is 0.750. The molecular weight excluding hydrogens is 154 g/mol. The van der Waals surface area contributed by atoms with Crippen LogP contribution in [0.15, 0.2) is 0 Å². The summed E-state index contributed by atoms with van der Waals surface area (Å²) in [5.74, 6) is 0. The molecule has 0 heterocycles. The van der Waals surface area contributed by atoms with Crippen LogP contribution in [0.4, 0.5) is 0 Å². The molecule has 0 aromatic carbocycles. The Morgan fingerprint density at radius 1 is 1.00 bits per heavy atom. The molecule has 0 spiro atoms. The number of hydrogen-bond donors (Lipinski definition) is 0. The van der Waals surface area contributed by atoms with Crippen molar-refractivity contribution in [2.45, 2.75) is 26.4 Å². The largest absolute Gasteiger partial charge is 1.00 e. The predicted octanol–water partition coefficient (Wildman–Crippen LogP) is -6.87. The minimum absolute atomic E-state index is 0. The Bertz CT molecular complexity index is 30.4. The van der Waals surface area contributed by atoms with Crippen LogP contribution in [0.25, 0.3) is 0 Å². The van der Waals surface area contributed by atoms with E-state index in [4.69, 9.17) is 5.11 Å². The maximum absolute atomic E-state index is 10.1. The van der Waals surface area contributed by atoms with Crippen molar-refractivity contribution in [1.82, 2.24) is 0 Å². The smallest absolute Gasteiger partial charge is 0.857 e. The molecule has 0 saturated heterocycles. The van der Waals surface area contributed by atoms with Gasteiger partial charge in [0.05, 0.1) is 0 Å². The van der Waals surface area contributed by atoms with E-state index in [0.717, 1.165) is 7.11 Å². The molecule has 0 amide bonds. The van der Waals surface area contributed by atoms with E-state index in [9.17, 15) is 5.11 Å². The van der Waals surface area contributed by atoms with Gasteiger partial charge in [-0.3, -0.25) is 0 Å². The molecule has 0 aromatic rings. The van der Waals surface area contributed by atoms with Crippen LogP contribution in [0.2, 0.25) is 0 Å². The first kappa shape index (κ1) is 22.6. The van der Waals surface area contributed by atoms with Gasteiger partial charge in [-0.1, -0.05) is 20.8 Å². The molecule has 0 aliphatic carbocycles. The van der Waals surface area contributed by atoms with Crippen LogP contribution < -0.4 is 91.2 Å². The Labute approximate surface area is 122 Å². The van der Waals surface area contributed by atoms with E-state index in [1.165, 1.54) is 0 Å². The summed E-state index contributed by atoms with van der Waals surface area (Å²) in [5.41, 5.74) is -0.750. The minimum atomic E-state index is -0.750. The average molecular weight is 166 g/mol. The molecular formula is C5H12KNaO2. The maximum Gasteiger partial charge on any atom is 1.00 e. The fourth-order valence-corrected chi connectivity index (χ4v) is 0. The van der Waals surface area contributed by atoms with Crippen LogP contribution >= 0.6 is 0 Å². The van der Waals surface area contributed by atoms with E-state index < -0.39 is 5.60 Å². The summed E-state index contributed by atoms with van der Waals surface area (Å²) >= 11 is 0. The average Bonchev–Trinajstić information content (AvgIpc) is 1.36. The van der Waals surface area contributed by atoms with Gasteiger partial charge in [0.2, 0.25) is 0 Å². The SMILES string of the molecule is CC(C)(C)[O-].C[O-].[K+].[Na+]. The topological polar surface area (TPSA) is 46.1 Å². The van der Waals surface area contributed by atoms with Gasteiger partial charge in [0.1, 0.15) is 0 Å². The Morgan fingerprint density at radius 3 is 1.00 bits per heavy atom. The molecule has 0 aromatic heterocycles. The van der Waals surface area contributed by atoms with Crippen molar-refractivity contribution >= 4 is 0 Å². The van der Waals surface area contributed by atoms with Crippen LogP contribution in [0, 0.1) is 0 Å². The summed E-state index contributed by atoms with van der Waals surface area (Å²) in [4.78, 5) is 0. The zero-order valence-corrected chi connectivity index (χ0v) is 12.4. The first-order chi connectivity index (χ1) is 3.00. The predicted molar refractivity (Wildman–Crippen MR) is 25.7 cm³/mol. The quantitative estimate of drug-likeness (QED) is 0.336. The van der Waals surface area contributed by atoms with Crippen molar-refractivity contribution in [3.8, 4) is 0 Å². The van der Waals surface area contributed by atoms with Crippen LogP contribution in [0.5, 0.6) is 0 Å². The van der Waals surface area contributed by atoms with Crippen molar-refractivity contribution < 1.29 is 91.2 Å². The van der Waals surface area contributed by atoms with Crippen LogP contribution in [-0.4, -0.2) is 12.7 Å². The molecule has 0 N–H and O–H groups in total. The molecule has 0 saturated carbocycles. The molecule has 0 aliphatic heterocycles. The van der Waals surface area contributed by atoms with Gasteiger partial charge in [0, 0.05) is 0 Å². The molecule has 0 bridgehead atoms. The number of hydrogen-bond acceptors (Lipinski definition) is 2. The van der Waals surface area contributed by atoms with Crippen molar-refractivity contribution in [3.05, 3.63) is 0 Å². The van der Waals surface area contributed by atoms with E-state index >= 15 is 0 Å². The van der Waals surface area contributed by atoms with Crippen LogP contribution in [0.3, 0.4) is 0 Å². The van der Waals surface area contributed by atoms with Gasteiger partial charge in [0.15, 0.2) is 0 Å². The molecule has 0 fully saturated rings. The molecule has 0 radical (unpaired) electrons. The van der Waals surface area contributed by atoms with Gasteiger partial charge in [0.25, 0.3) is 0 Å². The summed E-state index contributed by atoms with van der Waals surface area (Å²) in [6.07, 6.45) is 0. The second-order valence-electron chi connectivity index (χ2n) is 2.11. The summed E-state index contributed by atoms with van der Waals surface area (Å²) in [6.45, 7) is 4.90. The van der Waals surface area contributed by atoms with Gasteiger partial charge in [-0.25, -0.2) is 0 Å². The van der Waals surface area contributed by atoms with E-state index in [0.29, 0.717) is 0 Å². The fourth-order valence-electron chi connectivity index (χ4n) is 0. The third kappa shape index (κ3) is 118. The van der Waals surface area contributed by atoms with Crippen molar-refractivity contribution in [1.29, 1.82) is 0 Å². The van der Waals surface area contributed by atoms with Gasteiger partial charge >= 0.3 is 80.9 Å². The van der Waals surface area contributed by atoms with Crippen molar-refractivity contribution in [2.75, 3.05) is 7.11 Å². The molecule has 0 aliphatic rings. The zero-order chi connectivity index (χ0) is 6.50. The van der Waals surface area contributed by atoms with Crippen molar-refractivity contribution in [3.63, 3.8) is 0 Å². The van der Waals surface area contributed by atoms with E-state index in [1.54, 1.807) is 20.8 Å². The molecule has 0 rings (SSSR count). The van der Waals surface area contributed by atoms with Crippen LogP contribution in [0.1, 0.15) is 20.8 Å². The second kappa shape index (κ2) is 13.2. The van der Waals surface area contributed by atoms with Gasteiger partial charge in [-0.2, -0.15) is 7.11 Å².